The van der Waals surface area contributed by atoms with Crippen LogP contribution in [0.1, 0.15) is 16.7 Å². The largest absolute Gasteiger partial charge is 0.573 e. The van der Waals surface area contributed by atoms with Crippen LogP contribution in [0.15, 0.2) is 78.0 Å². The van der Waals surface area contributed by atoms with Crippen LogP contribution in [-0.4, -0.2) is 44.0 Å². The number of carbonyl (C=O) groups excluding carboxylic acids is 2. The van der Waals surface area contributed by atoms with Crippen LogP contribution in [0.4, 0.5) is 23.7 Å². The van der Waals surface area contributed by atoms with E-state index >= 15 is 0 Å². The molecule has 0 saturated carbocycles. The first-order chi connectivity index (χ1) is 19.6. The van der Waals surface area contributed by atoms with E-state index < -0.39 is 12.4 Å². The quantitative estimate of drug-likeness (QED) is 0.310. The van der Waals surface area contributed by atoms with Gasteiger partial charge in [0.15, 0.2) is 11.0 Å². The Bertz CT molecular complexity index is 1600. The van der Waals surface area contributed by atoms with Crippen LogP contribution < -0.4 is 15.0 Å². The predicted molar refractivity (Wildman–Crippen MR) is 149 cm³/mol. The highest BCUT2D eigenvalue weighted by Gasteiger charge is 2.32. The third-order valence-corrected chi connectivity index (χ3v) is 7.03. The van der Waals surface area contributed by atoms with Crippen molar-refractivity contribution >= 4 is 34.6 Å². The maximum atomic E-state index is 12.6. The second-order valence-electron chi connectivity index (χ2n) is 9.06. The number of para-hydroxylation sites is 1. The molecule has 0 radical (unpaired) electrons. The average Bonchev–Trinajstić information content (AvgIpc) is 3.55. The average molecular weight is 581 g/mol. The lowest BCUT2D eigenvalue weighted by Gasteiger charge is -2.20. The number of amidine groups is 1. The number of aliphatic imine (C=N–C) groups is 1. The van der Waals surface area contributed by atoms with Gasteiger partial charge in [0.2, 0.25) is 5.91 Å². The van der Waals surface area contributed by atoms with E-state index in [4.69, 9.17) is 0 Å². The molecule has 41 heavy (non-hydrogen) atoms. The number of aromatic nitrogens is 3. The standard InChI is InChI=1S/C28H23F3N6O3S/c1-17-4-3-5-18(2)24(17)37-23(38)15-41-27(37)34-26(39)32-14-19-6-8-20(9-7-19)25-33-16-36(35-25)21-10-12-22(13-11-21)40-28(29,30)31/h3-13,16H,14-15H2,1-2H3,(H,32,39). The van der Waals surface area contributed by atoms with Gasteiger partial charge in [0.1, 0.15) is 12.1 Å². The zero-order chi connectivity index (χ0) is 29.1. The monoisotopic (exact) mass is 580 g/mol. The molecule has 1 aliphatic rings. The first-order valence-corrected chi connectivity index (χ1v) is 13.3. The molecule has 13 heteroatoms. The van der Waals surface area contributed by atoms with Crippen molar-refractivity contribution in [3.05, 3.63) is 89.7 Å². The number of rotatable bonds is 6. The van der Waals surface area contributed by atoms with Crippen molar-refractivity contribution in [2.24, 2.45) is 4.99 Å². The van der Waals surface area contributed by atoms with Gasteiger partial charge in [-0.2, -0.15) is 4.99 Å². The number of hydrogen-bond donors (Lipinski definition) is 1. The van der Waals surface area contributed by atoms with E-state index in [1.54, 1.807) is 12.1 Å². The number of nitrogens with zero attached hydrogens (tertiary/aromatic N) is 5. The van der Waals surface area contributed by atoms with Crippen LogP contribution in [-0.2, 0) is 11.3 Å². The van der Waals surface area contributed by atoms with E-state index in [-0.39, 0.29) is 24.0 Å². The molecule has 3 aromatic carbocycles. The zero-order valence-corrected chi connectivity index (χ0v) is 22.7. The normalized spacial score (nSPS) is 14.5. The summed E-state index contributed by atoms with van der Waals surface area (Å²) in [6.45, 7) is 4.04. The molecule has 0 aliphatic carbocycles. The Hall–Kier alpha value is -4.65. The number of anilines is 1. The van der Waals surface area contributed by atoms with Gasteiger partial charge in [-0.3, -0.25) is 9.69 Å². The number of amides is 3. The first kappa shape index (κ1) is 27.9. The minimum Gasteiger partial charge on any atom is -0.406 e. The smallest absolute Gasteiger partial charge is 0.406 e. The van der Waals surface area contributed by atoms with Crippen LogP contribution in [0, 0.1) is 13.8 Å². The molecule has 4 aromatic rings. The number of benzene rings is 3. The lowest BCUT2D eigenvalue weighted by atomic mass is 10.1. The van der Waals surface area contributed by atoms with Crippen LogP contribution in [0.2, 0.25) is 0 Å². The van der Waals surface area contributed by atoms with Crippen molar-refractivity contribution in [2.45, 2.75) is 26.8 Å². The minimum atomic E-state index is -4.76. The van der Waals surface area contributed by atoms with Gasteiger partial charge in [0, 0.05) is 12.1 Å². The van der Waals surface area contributed by atoms with Crippen molar-refractivity contribution in [3.63, 3.8) is 0 Å². The molecule has 9 nitrogen and oxygen atoms in total. The van der Waals surface area contributed by atoms with Gasteiger partial charge >= 0.3 is 12.4 Å². The maximum absolute atomic E-state index is 12.6. The number of urea groups is 1. The molecule has 0 atom stereocenters. The van der Waals surface area contributed by atoms with Crippen LogP contribution >= 0.6 is 11.8 Å². The van der Waals surface area contributed by atoms with Crippen molar-refractivity contribution < 1.29 is 27.5 Å². The van der Waals surface area contributed by atoms with Crippen molar-refractivity contribution in [2.75, 3.05) is 10.7 Å². The fourth-order valence-corrected chi connectivity index (χ4v) is 5.07. The number of halogens is 3. The van der Waals surface area contributed by atoms with E-state index in [2.05, 4.69) is 25.1 Å². The number of alkyl halides is 3. The van der Waals surface area contributed by atoms with Crippen LogP contribution in [0.25, 0.3) is 17.1 Å². The summed E-state index contributed by atoms with van der Waals surface area (Å²) < 4.78 is 42.4. The number of nitrogens with one attached hydrogen (secondary N) is 1. The molecule has 210 valence electrons. The summed E-state index contributed by atoms with van der Waals surface area (Å²) >= 11 is 1.22. The van der Waals surface area contributed by atoms with Gasteiger partial charge in [-0.15, -0.1) is 18.3 Å². The fourth-order valence-electron chi connectivity index (χ4n) is 4.22. The van der Waals surface area contributed by atoms with E-state index in [0.717, 1.165) is 22.4 Å². The molecule has 1 aliphatic heterocycles. The Morgan fingerprint density at radius 3 is 2.39 bits per heavy atom. The number of hydrogen-bond acceptors (Lipinski definition) is 6. The van der Waals surface area contributed by atoms with E-state index in [9.17, 15) is 22.8 Å². The highest BCUT2D eigenvalue weighted by molar-refractivity contribution is 8.15. The highest BCUT2D eigenvalue weighted by Crippen LogP contribution is 2.32. The summed E-state index contributed by atoms with van der Waals surface area (Å²) in [5.41, 5.74) is 4.61. The summed E-state index contributed by atoms with van der Waals surface area (Å²) in [5.74, 6) is 0.170. The molecule has 3 amide bonds. The summed E-state index contributed by atoms with van der Waals surface area (Å²) in [6, 6.07) is 17.7. The first-order valence-electron chi connectivity index (χ1n) is 12.3. The summed E-state index contributed by atoms with van der Waals surface area (Å²) in [6.07, 6.45) is -3.31. The predicted octanol–water partition coefficient (Wildman–Crippen LogP) is 5.80. The van der Waals surface area contributed by atoms with E-state index in [1.807, 2.05) is 44.2 Å². The molecule has 1 N–H and O–H groups in total. The Kier molecular flexibility index (Phi) is 7.79. The molecule has 2 heterocycles. The molecular formula is C28H23F3N6O3S. The summed E-state index contributed by atoms with van der Waals surface area (Å²) in [4.78, 5) is 35.1. The number of aryl methyl sites for hydroxylation is 2. The second kappa shape index (κ2) is 11.5. The molecule has 0 spiro atoms. The molecule has 1 fully saturated rings. The number of ether oxygens (including phenoxy) is 1. The van der Waals surface area contributed by atoms with Gasteiger partial charge in [-0.1, -0.05) is 54.2 Å². The zero-order valence-electron chi connectivity index (χ0n) is 21.8. The molecule has 0 bridgehead atoms. The Morgan fingerprint density at radius 2 is 1.73 bits per heavy atom. The van der Waals surface area contributed by atoms with Crippen LogP contribution in [0.3, 0.4) is 0 Å². The molecular weight excluding hydrogens is 557 g/mol. The summed E-state index contributed by atoms with van der Waals surface area (Å²) in [5, 5.41) is 7.48. The summed E-state index contributed by atoms with van der Waals surface area (Å²) in [7, 11) is 0. The topological polar surface area (TPSA) is 102 Å². The van der Waals surface area contributed by atoms with Gasteiger partial charge in [0.25, 0.3) is 0 Å². The van der Waals surface area contributed by atoms with Gasteiger partial charge in [0.05, 0.1) is 17.1 Å². The lowest BCUT2D eigenvalue weighted by molar-refractivity contribution is -0.274. The number of thioether (sulfide) groups is 1. The molecule has 1 aromatic heterocycles. The lowest BCUT2D eigenvalue weighted by Crippen LogP contribution is -2.32. The van der Waals surface area contributed by atoms with Crippen LogP contribution in [0.5, 0.6) is 5.75 Å². The highest BCUT2D eigenvalue weighted by atomic mass is 32.2. The van der Waals surface area contributed by atoms with Gasteiger partial charge < -0.3 is 10.1 Å². The Labute approximate surface area is 237 Å². The SMILES string of the molecule is Cc1cccc(C)c1N1C(=O)CSC1=NC(=O)NCc1ccc(-c2ncn(-c3ccc(OC(F)(F)F)cc3)n2)cc1. The Balaban J connectivity index is 1.21. The van der Waals surface area contributed by atoms with E-state index in [1.165, 1.54) is 51.9 Å². The van der Waals surface area contributed by atoms with Gasteiger partial charge in [-0.05, 0) is 54.8 Å². The second-order valence-corrected chi connectivity index (χ2v) is 10.0. The van der Waals surface area contributed by atoms with Crippen molar-refractivity contribution in [1.82, 2.24) is 20.1 Å². The molecule has 0 unspecified atom stereocenters. The van der Waals surface area contributed by atoms with Crippen molar-refractivity contribution in [1.29, 1.82) is 0 Å². The Morgan fingerprint density at radius 1 is 1.05 bits per heavy atom. The third kappa shape index (κ3) is 6.57. The third-order valence-electron chi connectivity index (χ3n) is 6.11. The van der Waals surface area contributed by atoms with E-state index in [0.29, 0.717) is 22.2 Å². The van der Waals surface area contributed by atoms with Crippen molar-refractivity contribution in [3.8, 4) is 22.8 Å². The maximum Gasteiger partial charge on any atom is 0.573 e. The number of carbonyl (C=O) groups is 2. The molecule has 5 rings (SSSR count). The molecule has 1 saturated heterocycles. The minimum absolute atomic E-state index is 0.127. The fraction of sp³-hybridized carbons (Fsp3) is 0.179. The van der Waals surface area contributed by atoms with Gasteiger partial charge in [-0.25, -0.2) is 14.5 Å².